The fourth-order valence-electron chi connectivity index (χ4n) is 2.94. The van der Waals surface area contributed by atoms with Gasteiger partial charge in [0.1, 0.15) is 5.75 Å². The van der Waals surface area contributed by atoms with Crippen molar-refractivity contribution in [2.75, 3.05) is 39.4 Å². The Balaban J connectivity index is 1.89. The molecule has 0 aliphatic carbocycles. The topological polar surface area (TPSA) is 102 Å². The lowest BCUT2D eigenvalue weighted by atomic mass is 10.1. The number of hydrogen-bond donors (Lipinski definition) is 0. The monoisotopic (exact) mass is 379 g/mol. The maximum Gasteiger partial charge on any atom is 0.294 e. The van der Waals surface area contributed by atoms with E-state index in [1.54, 1.807) is 18.2 Å². The van der Waals surface area contributed by atoms with Gasteiger partial charge in [-0.15, -0.1) is 10.1 Å². The third-order valence-electron chi connectivity index (χ3n) is 4.45. The van der Waals surface area contributed by atoms with Gasteiger partial charge in [-0.3, -0.25) is 14.5 Å². The first kappa shape index (κ1) is 20.6. The number of rotatable bonds is 12. The summed E-state index contributed by atoms with van der Waals surface area (Å²) in [6.45, 7) is 7.59. The van der Waals surface area contributed by atoms with E-state index in [-0.39, 0.29) is 19.6 Å². The third kappa shape index (κ3) is 5.40. The van der Waals surface area contributed by atoms with E-state index < -0.39 is 16.9 Å². The molecule has 0 N–H and O–H groups in total. The summed E-state index contributed by atoms with van der Waals surface area (Å²) in [5.41, 5.74) is 0.627. The maximum atomic E-state index is 12.5. The molecule has 1 aliphatic rings. The predicted molar refractivity (Wildman–Crippen MR) is 97.3 cm³/mol. The van der Waals surface area contributed by atoms with E-state index in [0.717, 1.165) is 31.0 Å². The number of carbonyl (C=O) groups excluding carboxylic acids is 2. The van der Waals surface area contributed by atoms with Gasteiger partial charge in [-0.05, 0) is 44.1 Å². The van der Waals surface area contributed by atoms with Crippen LogP contribution in [-0.2, 0) is 4.84 Å². The molecular formula is C18H25N3O6. The zero-order valence-corrected chi connectivity index (χ0v) is 15.7. The van der Waals surface area contributed by atoms with Crippen molar-refractivity contribution in [3.63, 3.8) is 0 Å². The normalized spacial score (nSPS) is 13.2. The van der Waals surface area contributed by atoms with Crippen molar-refractivity contribution in [3.05, 3.63) is 39.4 Å². The summed E-state index contributed by atoms with van der Waals surface area (Å²) in [4.78, 5) is 42.5. The lowest BCUT2D eigenvalue weighted by Gasteiger charge is -2.17. The molecule has 0 aromatic heterocycles. The van der Waals surface area contributed by atoms with Crippen LogP contribution in [0.25, 0.3) is 0 Å². The largest absolute Gasteiger partial charge is 0.494 e. The lowest BCUT2D eigenvalue weighted by molar-refractivity contribution is -0.757. The van der Waals surface area contributed by atoms with Gasteiger partial charge < -0.3 is 14.5 Å². The molecule has 0 spiro atoms. The van der Waals surface area contributed by atoms with Crippen molar-refractivity contribution < 1.29 is 24.3 Å². The first-order valence-electron chi connectivity index (χ1n) is 9.10. The molecule has 0 radical (unpaired) electrons. The third-order valence-corrected chi connectivity index (χ3v) is 4.45. The van der Waals surface area contributed by atoms with Crippen LogP contribution in [0.5, 0.6) is 5.75 Å². The first-order chi connectivity index (χ1) is 13.0. The van der Waals surface area contributed by atoms with Gasteiger partial charge in [-0.1, -0.05) is 13.8 Å². The van der Waals surface area contributed by atoms with Gasteiger partial charge in [0.05, 0.1) is 24.3 Å². The number of benzene rings is 1. The minimum Gasteiger partial charge on any atom is -0.494 e. The van der Waals surface area contributed by atoms with Crippen LogP contribution in [0.2, 0.25) is 0 Å². The quantitative estimate of drug-likeness (QED) is 0.237. The summed E-state index contributed by atoms with van der Waals surface area (Å²) in [6, 6.07) is 4.85. The molecule has 0 bridgehead atoms. The SMILES string of the molecule is CCN(CC)CCCOc1ccc2c(c1)C(=O)N(CCCO[N+](=O)[O-])C2=O. The fourth-order valence-corrected chi connectivity index (χ4v) is 2.94. The molecule has 0 saturated carbocycles. The molecule has 2 amide bonds. The zero-order valence-electron chi connectivity index (χ0n) is 15.7. The minimum absolute atomic E-state index is 0.0697. The molecule has 1 aromatic carbocycles. The number of fused-ring (bicyclic) bond motifs is 1. The highest BCUT2D eigenvalue weighted by molar-refractivity contribution is 6.21. The lowest BCUT2D eigenvalue weighted by Crippen LogP contribution is -2.31. The fraction of sp³-hybridized carbons (Fsp3) is 0.556. The molecule has 9 nitrogen and oxygen atoms in total. The molecule has 0 saturated heterocycles. The van der Waals surface area contributed by atoms with Gasteiger partial charge in [-0.25, -0.2) is 0 Å². The van der Waals surface area contributed by atoms with Crippen molar-refractivity contribution in [1.82, 2.24) is 9.80 Å². The molecule has 148 valence electrons. The van der Waals surface area contributed by atoms with E-state index in [2.05, 4.69) is 23.6 Å². The smallest absolute Gasteiger partial charge is 0.294 e. The summed E-state index contributed by atoms with van der Waals surface area (Å²) in [5, 5.41) is 9.24. The Kier molecular flexibility index (Phi) is 7.54. The number of hydrogen-bond acceptors (Lipinski definition) is 7. The van der Waals surface area contributed by atoms with Crippen LogP contribution in [0.1, 0.15) is 47.4 Å². The van der Waals surface area contributed by atoms with Gasteiger partial charge in [-0.2, -0.15) is 0 Å². The van der Waals surface area contributed by atoms with Gasteiger partial charge in [0.2, 0.25) is 0 Å². The van der Waals surface area contributed by atoms with E-state index in [1.807, 2.05) is 0 Å². The van der Waals surface area contributed by atoms with Crippen molar-refractivity contribution in [2.24, 2.45) is 0 Å². The second-order valence-electron chi connectivity index (χ2n) is 6.11. The Morgan fingerprint density at radius 1 is 1.07 bits per heavy atom. The molecule has 27 heavy (non-hydrogen) atoms. The summed E-state index contributed by atoms with van der Waals surface area (Å²) >= 11 is 0. The van der Waals surface area contributed by atoms with Gasteiger partial charge in [0, 0.05) is 13.1 Å². The van der Waals surface area contributed by atoms with Crippen LogP contribution < -0.4 is 4.74 Å². The highest BCUT2D eigenvalue weighted by atomic mass is 16.9. The predicted octanol–water partition coefficient (Wildman–Crippen LogP) is 1.99. The standard InChI is InChI=1S/C18H25N3O6/c1-3-19(4-2)9-5-11-26-14-7-8-15-16(13-14)18(23)20(17(15)22)10-6-12-27-21(24)25/h7-8,13H,3-6,9-12H2,1-2H3. The Hall–Kier alpha value is -2.68. The van der Waals surface area contributed by atoms with Crippen LogP contribution in [0.15, 0.2) is 18.2 Å². The highest BCUT2D eigenvalue weighted by Crippen LogP contribution is 2.27. The molecule has 0 fully saturated rings. The minimum atomic E-state index is -0.897. The maximum absolute atomic E-state index is 12.5. The average molecular weight is 379 g/mol. The van der Waals surface area contributed by atoms with Gasteiger partial charge >= 0.3 is 0 Å². The summed E-state index contributed by atoms with van der Waals surface area (Å²) in [5.74, 6) is -0.262. The van der Waals surface area contributed by atoms with Crippen LogP contribution in [0.4, 0.5) is 0 Å². The molecule has 1 aromatic rings. The first-order valence-corrected chi connectivity index (χ1v) is 9.10. The second kappa shape index (κ2) is 9.86. The van der Waals surface area contributed by atoms with Gasteiger partial charge in [0.15, 0.2) is 0 Å². The van der Waals surface area contributed by atoms with E-state index in [0.29, 0.717) is 23.5 Å². The number of ether oxygens (including phenoxy) is 1. The van der Waals surface area contributed by atoms with Gasteiger partial charge in [0.25, 0.3) is 16.9 Å². The van der Waals surface area contributed by atoms with E-state index >= 15 is 0 Å². The molecule has 2 rings (SSSR count). The second-order valence-corrected chi connectivity index (χ2v) is 6.11. The number of nitrogens with zero attached hydrogens (tertiary/aromatic N) is 3. The highest BCUT2D eigenvalue weighted by Gasteiger charge is 2.35. The summed E-state index contributed by atoms with van der Waals surface area (Å²) in [7, 11) is 0. The van der Waals surface area contributed by atoms with Crippen LogP contribution in [-0.4, -0.2) is 66.1 Å². The van der Waals surface area contributed by atoms with Crippen molar-refractivity contribution in [2.45, 2.75) is 26.7 Å². The average Bonchev–Trinajstić information content (AvgIpc) is 2.89. The van der Waals surface area contributed by atoms with Crippen LogP contribution in [0.3, 0.4) is 0 Å². The Bertz CT molecular complexity index is 690. The Morgan fingerprint density at radius 2 is 1.78 bits per heavy atom. The molecular weight excluding hydrogens is 354 g/mol. The molecule has 0 atom stereocenters. The van der Waals surface area contributed by atoms with Crippen molar-refractivity contribution >= 4 is 11.8 Å². The van der Waals surface area contributed by atoms with Crippen LogP contribution in [0, 0.1) is 10.1 Å². The zero-order chi connectivity index (χ0) is 19.8. The summed E-state index contributed by atoms with van der Waals surface area (Å²) in [6.07, 6.45) is 1.06. The number of amides is 2. The van der Waals surface area contributed by atoms with Crippen molar-refractivity contribution in [3.8, 4) is 5.75 Å². The van der Waals surface area contributed by atoms with Crippen LogP contribution >= 0.6 is 0 Å². The Morgan fingerprint density at radius 3 is 2.44 bits per heavy atom. The molecule has 1 aliphatic heterocycles. The molecule has 0 unspecified atom stereocenters. The number of imide groups is 1. The van der Waals surface area contributed by atoms with Crippen molar-refractivity contribution in [1.29, 1.82) is 0 Å². The van der Waals surface area contributed by atoms with E-state index in [9.17, 15) is 19.7 Å². The molecule has 1 heterocycles. The molecule has 9 heteroatoms. The Labute approximate surface area is 157 Å². The van der Waals surface area contributed by atoms with E-state index in [4.69, 9.17) is 4.74 Å². The van der Waals surface area contributed by atoms with E-state index in [1.165, 1.54) is 0 Å². The number of carbonyl (C=O) groups is 2. The summed E-state index contributed by atoms with van der Waals surface area (Å²) < 4.78 is 5.71.